The van der Waals surface area contributed by atoms with Crippen molar-refractivity contribution >= 4 is 0 Å². The summed E-state index contributed by atoms with van der Waals surface area (Å²) >= 11 is 0. The lowest BCUT2D eigenvalue weighted by atomic mass is 9.83. The first-order valence-electron chi connectivity index (χ1n) is 7.85. The highest BCUT2D eigenvalue weighted by atomic mass is 16.1. The molecule has 1 saturated carbocycles. The molecule has 2 unspecified atom stereocenters. The lowest BCUT2D eigenvalue weighted by molar-refractivity contribution is 0.108. The molecule has 0 aromatic carbocycles. The van der Waals surface area contributed by atoms with Gasteiger partial charge in [-0.05, 0) is 37.9 Å². The average molecular weight is 277 g/mol. The number of nitrogens with two attached hydrogens (primary N) is 1. The molecule has 0 bridgehead atoms. The van der Waals surface area contributed by atoms with Crippen LogP contribution in [-0.4, -0.2) is 35.1 Å². The summed E-state index contributed by atoms with van der Waals surface area (Å²) in [6.45, 7) is 5.72. The van der Waals surface area contributed by atoms with Crippen LogP contribution in [0.25, 0.3) is 0 Å². The van der Waals surface area contributed by atoms with Gasteiger partial charge in [0.15, 0.2) is 0 Å². The van der Waals surface area contributed by atoms with Gasteiger partial charge in [-0.3, -0.25) is 9.69 Å². The van der Waals surface area contributed by atoms with Crippen molar-refractivity contribution in [1.29, 1.82) is 0 Å². The summed E-state index contributed by atoms with van der Waals surface area (Å²) in [5, 5.41) is 0. The van der Waals surface area contributed by atoms with Crippen LogP contribution in [0.2, 0.25) is 0 Å². The van der Waals surface area contributed by atoms with E-state index in [0.717, 1.165) is 26.2 Å². The number of hydrogen-bond donors (Lipinski definition) is 1. The van der Waals surface area contributed by atoms with Gasteiger partial charge in [0, 0.05) is 31.4 Å². The minimum absolute atomic E-state index is 0.0857. The molecule has 0 aliphatic heterocycles. The van der Waals surface area contributed by atoms with E-state index in [9.17, 15) is 4.79 Å². The fourth-order valence-corrected chi connectivity index (χ4v) is 3.38. The average Bonchev–Trinajstić information content (AvgIpc) is 2.50. The van der Waals surface area contributed by atoms with E-state index in [-0.39, 0.29) is 5.56 Å². The Bertz CT molecular complexity index is 457. The summed E-state index contributed by atoms with van der Waals surface area (Å²) in [5.41, 5.74) is 6.02. The highest BCUT2D eigenvalue weighted by Crippen LogP contribution is 2.27. The van der Waals surface area contributed by atoms with Crippen LogP contribution in [0.4, 0.5) is 0 Å². The van der Waals surface area contributed by atoms with Crippen molar-refractivity contribution in [2.75, 3.05) is 19.6 Å². The van der Waals surface area contributed by atoms with Gasteiger partial charge >= 0.3 is 0 Å². The predicted octanol–water partition coefficient (Wildman–Crippen LogP) is 1.69. The molecule has 1 aliphatic carbocycles. The molecule has 1 aromatic rings. The zero-order chi connectivity index (χ0) is 14.4. The molecule has 1 heterocycles. The number of aromatic nitrogens is 1. The smallest absolute Gasteiger partial charge is 0.250 e. The lowest BCUT2D eigenvalue weighted by Crippen LogP contribution is -2.46. The van der Waals surface area contributed by atoms with Gasteiger partial charge in [0.05, 0.1) is 0 Å². The predicted molar refractivity (Wildman–Crippen MR) is 82.7 cm³/mol. The van der Waals surface area contributed by atoms with Crippen LogP contribution in [0.15, 0.2) is 29.2 Å². The van der Waals surface area contributed by atoms with Crippen molar-refractivity contribution in [2.45, 2.75) is 45.2 Å². The van der Waals surface area contributed by atoms with Crippen LogP contribution < -0.4 is 11.3 Å². The van der Waals surface area contributed by atoms with Gasteiger partial charge in [0.25, 0.3) is 5.56 Å². The fourth-order valence-electron chi connectivity index (χ4n) is 3.38. The zero-order valence-corrected chi connectivity index (χ0v) is 12.5. The minimum atomic E-state index is 0.0857. The molecule has 0 saturated heterocycles. The van der Waals surface area contributed by atoms with Gasteiger partial charge in [-0.1, -0.05) is 25.8 Å². The maximum absolute atomic E-state index is 11.7. The van der Waals surface area contributed by atoms with Crippen LogP contribution in [-0.2, 0) is 6.54 Å². The van der Waals surface area contributed by atoms with Crippen molar-refractivity contribution in [2.24, 2.45) is 11.7 Å². The molecule has 1 aliphatic rings. The van der Waals surface area contributed by atoms with E-state index in [1.807, 2.05) is 12.3 Å². The van der Waals surface area contributed by atoms with Crippen LogP contribution in [0.5, 0.6) is 0 Å². The Morgan fingerprint density at radius 3 is 2.85 bits per heavy atom. The molecule has 112 valence electrons. The normalized spacial score (nSPS) is 23.1. The molecule has 20 heavy (non-hydrogen) atoms. The van der Waals surface area contributed by atoms with Crippen LogP contribution in [0.3, 0.4) is 0 Å². The largest absolute Gasteiger partial charge is 0.330 e. The number of likely N-dealkylation sites (N-methyl/N-ethyl adjacent to an activating group) is 1. The summed E-state index contributed by atoms with van der Waals surface area (Å²) in [4.78, 5) is 14.3. The maximum Gasteiger partial charge on any atom is 0.250 e. The third-order valence-corrected chi connectivity index (χ3v) is 4.57. The van der Waals surface area contributed by atoms with Gasteiger partial charge in [-0.25, -0.2) is 0 Å². The van der Waals surface area contributed by atoms with E-state index < -0.39 is 0 Å². The van der Waals surface area contributed by atoms with Gasteiger partial charge in [-0.15, -0.1) is 0 Å². The molecule has 1 fully saturated rings. The Morgan fingerprint density at radius 1 is 1.35 bits per heavy atom. The van der Waals surface area contributed by atoms with Gasteiger partial charge in [0.2, 0.25) is 0 Å². The fraction of sp³-hybridized carbons (Fsp3) is 0.688. The highest BCUT2D eigenvalue weighted by molar-refractivity contribution is 4.93. The Balaban J connectivity index is 1.98. The zero-order valence-electron chi connectivity index (χ0n) is 12.5. The maximum atomic E-state index is 11.7. The topological polar surface area (TPSA) is 51.3 Å². The quantitative estimate of drug-likeness (QED) is 0.861. The second-order valence-corrected chi connectivity index (χ2v) is 5.71. The third kappa shape index (κ3) is 3.70. The van der Waals surface area contributed by atoms with E-state index in [4.69, 9.17) is 5.73 Å². The van der Waals surface area contributed by atoms with Crippen molar-refractivity contribution < 1.29 is 0 Å². The molecule has 2 rings (SSSR count). The minimum Gasteiger partial charge on any atom is -0.330 e. The van der Waals surface area contributed by atoms with E-state index in [1.165, 1.54) is 25.7 Å². The molecule has 0 radical (unpaired) electrons. The van der Waals surface area contributed by atoms with Crippen LogP contribution in [0.1, 0.15) is 32.6 Å². The summed E-state index contributed by atoms with van der Waals surface area (Å²) in [7, 11) is 0. The van der Waals surface area contributed by atoms with Gasteiger partial charge < -0.3 is 10.3 Å². The Labute approximate surface area is 121 Å². The van der Waals surface area contributed by atoms with Crippen molar-refractivity contribution in [3.8, 4) is 0 Å². The Kier molecular flexibility index (Phi) is 5.80. The third-order valence-electron chi connectivity index (χ3n) is 4.57. The SMILES string of the molecule is CCN(CCn1ccccc1=O)C1CCCCC1CN. The molecule has 2 atom stereocenters. The summed E-state index contributed by atoms with van der Waals surface area (Å²) in [6.07, 6.45) is 7.00. The van der Waals surface area contributed by atoms with Gasteiger partial charge in [-0.2, -0.15) is 0 Å². The Hall–Kier alpha value is -1.13. The van der Waals surface area contributed by atoms with Crippen molar-refractivity contribution in [3.63, 3.8) is 0 Å². The number of hydrogen-bond acceptors (Lipinski definition) is 3. The van der Waals surface area contributed by atoms with E-state index in [1.54, 1.807) is 16.7 Å². The van der Waals surface area contributed by atoms with E-state index in [0.29, 0.717) is 12.0 Å². The monoisotopic (exact) mass is 277 g/mol. The van der Waals surface area contributed by atoms with Crippen LogP contribution in [0, 0.1) is 5.92 Å². The molecular formula is C16H27N3O. The molecule has 4 heteroatoms. The van der Waals surface area contributed by atoms with E-state index in [2.05, 4.69) is 11.8 Å². The first-order chi connectivity index (χ1) is 9.76. The standard InChI is InChI=1S/C16H27N3O/c1-2-18(15-8-4-3-7-14(15)13-17)11-12-19-10-6-5-9-16(19)20/h5-6,9-10,14-15H,2-4,7-8,11-13,17H2,1H3. The summed E-state index contributed by atoms with van der Waals surface area (Å²) in [6, 6.07) is 5.93. The van der Waals surface area contributed by atoms with Crippen molar-refractivity contribution in [1.82, 2.24) is 9.47 Å². The second-order valence-electron chi connectivity index (χ2n) is 5.71. The number of pyridine rings is 1. The summed E-state index contributed by atoms with van der Waals surface area (Å²) < 4.78 is 1.79. The number of nitrogens with zero attached hydrogens (tertiary/aromatic N) is 2. The van der Waals surface area contributed by atoms with Crippen molar-refractivity contribution in [3.05, 3.63) is 34.7 Å². The first-order valence-corrected chi connectivity index (χ1v) is 7.85. The molecule has 2 N–H and O–H groups in total. The number of rotatable bonds is 6. The van der Waals surface area contributed by atoms with E-state index >= 15 is 0 Å². The second kappa shape index (κ2) is 7.60. The highest BCUT2D eigenvalue weighted by Gasteiger charge is 2.28. The Morgan fingerprint density at radius 2 is 2.15 bits per heavy atom. The molecule has 1 aromatic heterocycles. The molecular weight excluding hydrogens is 250 g/mol. The van der Waals surface area contributed by atoms with Gasteiger partial charge in [0.1, 0.15) is 0 Å². The first kappa shape index (κ1) is 15.3. The molecule has 0 amide bonds. The molecule has 0 spiro atoms. The summed E-state index contributed by atoms with van der Waals surface area (Å²) in [5.74, 6) is 0.621. The van der Waals surface area contributed by atoms with Crippen LogP contribution >= 0.6 is 0 Å². The molecule has 4 nitrogen and oxygen atoms in total. The lowest BCUT2D eigenvalue weighted by Gasteiger charge is -2.39.